The summed E-state index contributed by atoms with van der Waals surface area (Å²) in [6.07, 6.45) is 4.49. The van der Waals surface area contributed by atoms with Crippen molar-refractivity contribution < 1.29 is 12.8 Å². The Bertz CT molecular complexity index is 1250. The largest absolute Gasteiger partial charge is 0.370 e. The Morgan fingerprint density at radius 3 is 2.88 bits per heavy atom. The predicted molar refractivity (Wildman–Crippen MR) is 131 cm³/mol. The Morgan fingerprint density at radius 2 is 2.12 bits per heavy atom. The number of likely N-dealkylation sites (tertiary alicyclic amines) is 1. The number of anilines is 2. The maximum Gasteiger partial charge on any atom is 0.266 e. The smallest absolute Gasteiger partial charge is 0.266 e. The lowest BCUT2D eigenvalue weighted by molar-refractivity contribution is 0.319. The molecule has 1 fully saturated rings. The summed E-state index contributed by atoms with van der Waals surface area (Å²) in [5.74, 6) is -0.582. The monoisotopic (exact) mass is 504 g/mol. The summed E-state index contributed by atoms with van der Waals surface area (Å²) in [5, 5.41) is 6.34. The average Bonchev–Trinajstić information content (AvgIpc) is 3.55. The Morgan fingerprint density at radius 1 is 1.26 bits per heavy atom. The number of halogens is 1. The summed E-state index contributed by atoms with van der Waals surface area (Å²) in [6, 6.07) is 5.18. The van der Waals surface area contributed by atoms with E-state index >= 15 is 0 Å². The number of rotatable bonds is 7. The van der Waals surface area contributed by atoms with E-state index in [4.69, 9.17) is 5.10 Å². The molecular weight excluding hydrogens is 475 g/mol. The van der Waals surface area contributed by atoms with E-state index in [1.54, 1.807) is 5.38 Å². The maximum atomic E-state index is 15.0. The van der Waals surface area contributed by atoms with Crippen molar-refractivity contribution in [1.29, 1.82) is 0 Å². The van der Waals surface area contributed by atoms with Crippen LogP contribution in [0, 0.1) is 12.7 Å². The van der Waals surface area contributed by atoms with Gasteiger partial charge in [-0.15, -0.1) is 11.3 Å². The molecule has 0 amide bonds. The van der Waals surface area contributed by atoms with Gasteiger partial charge in [0.2, 0.25) is 0 Å². The summed E-state index contributed by atoms with van der Waals surface area (Å²) in [7, 11) is -2.11. The third-order valence-electron chi connectivity index (χ3n) is 6.74. The molecule has 11 heteroatoms. The molecule has 0 radical (unpaired) electrons. The van der Waals surface area contributed by atoms with Crippen LogP contribution < -0.4 is 9.62 Å². The molecule has 4 heterocycles. The fourth-order valence-corrected chi connectivity index (χ4v) is 6.64. The number of likely N-dealkylation sites (N-methyl/N-ethyl adjacent to an activating group) is 1. The number of aryl methyl sites for hydroxylation is 3. The molecule has 2 aliphatic rings. The highest BCUT2D eigenvalue weighted by Gasteiger charge is 2.29. The Hall–Kier alpha value is -2.50. The second-order valence-corrected chi connectivity index (χ2v) is 11.5. The lowest BCUT2D eigenvalue weighted by Crippen LogP contribution is -2.35. The zero-order valence-corrected chi connectivity index (χ0v) is 21.0. The molecule has 34 heavy (non-hydrogen) atoms. The molecule has 0 spiro atoms. The number of sulfonamides is 1. The lowest BCUT2D eigenvalue weighted by Gasteiger charge is -2.29. The molecule has 1 N–H and O–H groups in total. The molecule has 0 bridgehead atoms. The molecule has 8 nitrogen and oxygen atoms in total. The van der Waals surface area contributed by atoms with E-state index in [0.717, 1.165) is 44.7 Å². The van der Waals surface area contributed by atoms with Gasteiger partial charge >= 0.3 is 0 Å². The van der Waals surface area contributed by atoms with Crippen molar-refractivity contribution in [3.8, 4) is 0 Å². The van der Waals surface area contributed by atoms with Gasteiger partial charge < -0.3 is 4.90 Å². The van der Waals surface area contributed by atoms with Crippen LogP contribution in [0.1, 0.15) is 36.2 Å². The summed E-state index contributed by atoms with van der Waals surface area (Å²) in [5.41, 5.74) is 5.38. The third kappa shape index (κ3) is 4.69. The number of nitrogens with one attached hydrogen (secondary N) is 1. The minimum absolute atomic E-state index is 0.188. The molecule has 182 valence electrons. The molecule has 2 aromatic heterocycles. The van der Waals surface area contributed by atoms with Crippen LogP contribution in [-0.2, 0) is 29.5 Å². The maximum absolute atomic E-state index is 15.0. The molecule has 1 aromatic carbocycles. The van der Waals surface area contributed by atoms with Gasteiger partial charge in [-0.3, -0.25) is 14.3 Å². The van der Waals surface area contributed by atoms with E-state index < -0.39 is 15.8 Å². The van der Waals surface area contributed by atoms with Crippen molar-refractivity contribution in [3.05, 3.63) is 51.9 Å². The van der Waals surface area contributed by atoms with E-state index in [1.807, 2.05) is 14.0 Å². The first-order valence-corrected chi connectivity index (χ1v) is 13.9. The zero-order chi connectivity index (χ0) is 23.9. The zero-order valence-electron chi connectivity index (χ0n) is 19.4. The number of aromatic nitrogens is 3. The Labute approximate surface area is 203 Å². The topological polar surface area (TPSA) is 83.4 Å². The van der Waals surface area contributed by atoms with Crippen molar-refractivity contribution in [3.63, 3.8) is 0 Å². The van der Waals surface area contributed by atoms with Crippen LogP contribution in [0.25, 0.3) is 0 Å². The first kappa shape index (κ1) is 23.3. The number of thiazole rings is 1. The van der Waals surface area contributed by atoms with E-state index in [1.165, 1.54) is 47.5 Å². The van der Waals surface area contributed by atoms with Crippen LogP contribution in [-0.4, -0.2) is 54.3 Å². The minimum atomic E-state index is -4.06. The predicted octanol–water partition coefficient (Wildman–Crippen LogP) is 3.63. The van der Waals surface area contributed by atoms with Gasteiger partial charge in [-0.1, -0.05) is 0 Å². The fraction of sp³-hybridized carbons (Fsp3) is 0.478. The molecule has 1 saturated heterocycles. The summed E-state index contributed by atoms with van der Waals surface area (Å²) in [6.45, 7) is 5.44. The van der Waals surface area contributed by atoms with Gasteiger partial charge in [0.05, 0.1) is 11.2 Å². The van der Waals surface area contributed by atoms with E-state index in [9.17, 15) is 12.8 Å². The standard InChI is InChI=1S/C23H29FN6O2S2/c1-16-9-22(34(31,32)27-23-14-33-15-25-23)20(24)11-21(16)28(2)19-6-8-29(13-19)12-17-10-18-5-3-4-7-30(18)26-17/h9-11,14-15,19,27H,3-8,12-13H2,1-2H3. The molecule has 1 unspecified atom stereocenters. The van der Waals surface area contributed by atoms with Gasteiger partial charge in [0.15, 0.2) is 5.82 Å². The summed E-state index contributed by atoms with van der Waals surface area (Å²) >= 11 is 1.26. The van der Waals surface area contributed by atoms with Crippen LogP contribution >= 0.6 is 11.3 Å². The first-order chi connectivity index (χ1) is 16.3. The second kappa shape index (κ2) is 9.27. The second-order valence-electron chi connectivity index (χ2n) is 9.14. The van der Waals surface area contributed by atoms with Gasteiger partial charge in [-0.05, 0) is 56.4 Å². The van der Waals surface area contributed by atoms with Gasteiger partial charge in [0.25, 0.3) is 10.0 Å². The number of hydrogen-bond acceptors (Lipinski definition) is 7. The number of nitrogens with zero attached hydrogens (tertiary/aromatic N) is 5. The van der Waals surface area contributed by atoms with Gasteiger partial charge in [0.1, 0.15) is 10.7 Å². The van der Waals surface area contributed by atoms with Gasteiger partial charge in [-0.25, -0.2) is 17.8 Å². The molecule has 0 aliphatic carbocycles. The van der Waals surface area contributed by atoms with Crippen molar-refractivity contribution in [2.75, 3.05) is 29.8 Å². The molecule has 0 saturated carbocycles. The highest BCUT2D eigenvalue weighted by atomic mass is 32.2. The van der Waals surface area contributed by atoms with E-state index in [2.05, 4.69) is 30.3 Å². The normalized spacial score (nSPS) is 18.7. The third-order valence-corrected chi connectivity index (χ3v) is 8.70. The lowest BCUT2D eigenvalue weighted by atomic mass is 10.1. The van der Waals surface area contributed by atoms with Crippen LogP contribution in [0.15, 0.2) is 34.0 Å². The van der Waals surface area contributed by atoms with Crippen LogP contribution in [0.5, 0.6) is 0 Å². The van der Waals surface area contributed by atoms with Crippen LogP contribution in [0.4, 0.5) is 15.9 Å². The van der Waals surface area contributed by atoms with Crippen molar-refractivity contribution in [2.45, 2.75) is 56.6 Å². The number of hydrogen-bond donors (Lipinski definition) is 1. The number of fused-ring (bicyclic) bond motifs is 1. The molecular formula is C23H29FN6O2S2. The highest BCUT2D eigenvalue weighted by Crippen LogP contribution is 2.30. The van der Waals surface area contributed by atoms with Gasteiger partial charge in [0, 0.05) is 56.0 Å². The SMILES string of the molecule is Cc1cc(S(=O)(=O)Nc2cscn2)c(F)cc1N(C)C1CCN(Cc2cc3n(n2)CCCC3)C1. The van der Waals surface area contributed by atoms with Gasteiger partial charge in [-0.2, -0.15) is 5.10 Å². The van der Waals surface area contributed by atoms with Crippen molar-refractivity contribution in [2.24, 2.45) is 0 Å². The minimum Gasteiger partial charge on any atom is -0.370 e. The summed E-state index contributed by atoms with van der Waals surface area (Å²) < 4.78 is 44.8. The van der Waals surface area contributed by atoms with Crippen LogP contribution in [0.2, 0.25) is 0 Å². The van der Waals surface area contributed by atoms with Crippen LogP contribution in [0.3, 0.4) is 0 Å². The van der Waals surface area contributed by atoms with E-state index in [-0.39, 0.29) is 16.8 Å². The fourth-order valence-electron chi connectivity index (χ4n) is 4.94. The Balaban J connectivity index is 1.27. The summed E-state index contributed by atoms with van der Waals surface area (Å²) in [4.78, 5) is 8.01. The molecule has 2 aliphatic heterocycles. The van der Waals surface area contributed by atoms with Crippen molar-refractivity contribution >= 4 is 32.9 Å². The first-order valence-electron chi connectivity index (χ1n) is 11.5. The van der Waals surface area contributed by atoms with Crippen molar-refractivity contribution in [1.82, 2.24) is 19.7 Å². The Kier molecular flexibility index (Phi) is 6.34. The number of benzene rings is 1. The average molecular weight is 505 g/mol. The quantitative estimate of drug-likeness (QED) is 0.529. The van der Waals surface area contributed by atoms with E-state index in [0.29, 0.717) is 11.3 Å². The molecule has 1 atom stereocenters. The molecule has 3 aromatic rings. The molecule has 5 rings (SSSR count). The highest BCUT2D eigenvalue weighted by molar-refractivity contribution is 7.92.